The van der Waals surface area contributed by atoms with Gasteiger partial charge in [-0.05, 0) is 78.1 Å². The molecule has 0 radical (unpaired) electrons. The molecule has 0 saturated heterocycles. The first-order valence-corrected chi connectivity index (χ1v) is 10.6. The topological polar surface area (TPSA) is 55.1 Å². The third kappa shape index (κ3) is 5.04. The van der Waals surface area contributed by atoms with Gasteiger partial charge in [0.2, 0.25) is 11.8 Å². The Bertz CT molecular complexity index is 1220. The van der Waals surface area contributed by atoms with Crippen molar-refractivity contribution < 1.29 is 9.21 Å². The van der Waals surface area contributed by atoms with Crippen LogP contribution in [0.3, 0.4) is 0 Å². The quantitative estimate of drug-likeness (QED) is 0.326. The van der Waals surface area contributed by atoms with Gasteiger partial charge < -0.3 is 9.73 Å². The number of halogens is 1. The Morgan fingerprint density at radius 2 is 1.84 bits per heavy atom. The molecule has 1 N–H and O–H groups in total. The van der Waals surface area contributed by atoms with Crippen LogP contribution in [0.4, 0.5) is 5.69 Å². The van der Waals surface area contributed by atoms with Gasteiger partial charge in [-0.2, -0.15) is 0 Å². The SMILES string of the molecule is CCC(C)c1ccc2oc(-c3ccc(NC(=O)C=Cc4ccc(Cl)cc4)cc3)nc2c1. The molecular formula is C26H23ClN2O2. The zero-order valence-electron chi connectivity index (χ0n) is 17.4. The largest absolute Gasteiger partial charge is 0.436 e. The first-order valence-electron chi connectivity index (χ1n) is 10.3. The van der Waals surface area contributed by atoms with Gasteiger partial charge >= 0.3 is 0 Å². The molecule has 4 aromatic rings. The number of fused-ring (bicyclic) bond motifs is 1. The van der Waals surface area contributed by atoms with Gasteiger partial charge in [0.15, 0.2) is 5.58 Å². The van der Waals surface area contributed by atoms with Crippen LogP contribution in [0, 0.1) is 0 Å². The Morgan fingerprint density at radius 3 is 2.55 bits per heavy atom. The highest BCUT2D eigenvalue weighted by molar-refractivity contribution is 6.30. The Hall–Kier alpha value is -3.37. The number of hydrogen-bond donors (Lipinski definition) is 1. The standard InChI is InChI=1S/C26H23ClN2O2/c1-3-17(2)20-9-14-24-23(16-20)29-26(31-24)19-7-12-22(13-8-19)28-25(30)15-6-18-4-10-21(27)11-5-18/h4-17H,3H2,1-2H3,(H,28,30). The second-order valence-electron chi connectivity index (χ2n) is 7.51. The summed E-state index contributed by atoms with van der Waals surface area (Å²) in [7, 11) is 0. The number of nitrogens with one attached hydrogen (secondary N) is 1. The Balaban J connectivity index is 1.45. The van der Waals surface area contributed by atoms with Crippen LogP contribution in [-0.2, 0) is 4.79 Å². The number of aromatic nitrogens is 1. The normalized spacial score (nSPS) is 12.4. The van der Waals surface area contributed by atoms with E-state index in [2.05, 4.69) is 36.3 Å². The molecule has 0 aliphatic heterocycles. The maximum atomic E-state index is 12.2. The monoisotopic (exact) mass is 430 g/mol. The zero-order chi connectivity index (χ0) is 21.8. The van der Waals surface area contributed by atoms with Crippen molar-refractivity contribution in [3.8, 4) is 11.5 Å². The van der Waals surface area contributed by atoms with Crippen LogP contribution in [0.1, 0.15) is 37.3 Å². The van der Waals surface area contributed by atoms with E-state index < -0.39 is 0 Å². The van der Waals surface area contributed by atoms with Crippen LogP contribution < -0.4 is 5.32 Å². The smallest absolute Gasteiger partial charge is 0.248 e. The number of carbonyl (C=O) groups excluding carboxylic acids is 1. The van der Waals surface area contributed by atoms with Gasteiger partial charge in [-0.1, -0.05) is 43.6 Å². The summed E-state index contributed by atoms with van der Waals surface area (Å²) in [6.07, 6.45) is 4.32. The predicted octanol–water partition coefficient (Wildman–Crippen LogP) is 7.31. The van der Waals surface area contributed by atoms with E-state index in [1.165, 1.54) is 11.6 Å². The van der Waals surface area contributed by atoms with E-state index in [0.29, 0.717) is 22.5 Å². The highest BCUT2D eigenvalue weighted by Gasteiger charge is 2.11. The molecule has 0 aliphatic carbocycles. The highest BCUT2D eigenvalue weighted by atomic mass is 35.5. The van der Waals surface area contributed by atoms with Crippen LogP contribution in [0.25, 0.3) is 28.6 Å². The lowest BCUT2D eigenvalue weighted by atomic mass is 9.98. The number of hydrogen-bond acceptors (Lipinski definition) is 3. The minimum atomic E-state index is -0.206. The second kappa shape index (κ2) is 9.19. The minimum absolute atomic E-state index is 0.206. The molecular weight excluding hydrogens is 408 g/mol. The average Bonchev–Trinajstić information content (AvgIpc) is 3.22. The summed E-state index contributed by atoms with van der Waals surface area (Å²) in [4.78, 5) is 16.8. The number of amides is 1. The zero-order valence-corrected chi connectivity index (χ0v) is 18.2. The maximum Gasteiger partial charge on any atom is 0.248 e. The Morgan fingerprint density at radius 1 is 1.10 bits per heavy atom. The third-order valence-corrected chi connectivity index (χ3v) is 5.54. The summed E-state index contributed by atoms with van der Waals surface area (Å²) < 4.78 is 5.92. The number of anilines is 1. The molecule has 31 heavy (non-hydrogen) atoms. The number of benzene rings is 3. The van der Waals surface area contributed by atoms with Gasteiger partial charge in [0.05, 0.1) is 0 Å². The number of oxazole rings is 1. The molecule has 1 unspecified atom stereocenters. The molecule has 1 aromatic heterocycles. The molecule has 1 amide bonds. The van der Waals surface area contributed by atoms with Crippen molar-refractivity contribution in [1.29, 1.82) is 0 Å². The Labute approximate surface area is 186 Å². The third-order valence-electron chi connectivity index (χ3n) is 5.29. The van der Waals surface area contributed by atoms with Gasteiger partial charge in [-0.3, -0.25) is 4.79 Å². The Kier molecular flexibility index (Phi) is 6.19. The average molecular weight is 431 g/mol. The van der Waals surface area contributed by atoms with Gasteiger partial charge in [0, 0.05) is 22.3 Å². The molecule has 0 fully saturated rings. The van der Waals surface area contributed by atoms with Gasteiger partial charge in [0.25, 0.3) is 0 Å². The van der Waals surface area contributed by atoms with Crippen LogP contribution in [0.2, 0.25) is 5.02 Å². The first kappa shape index (κ1) is 20.9. The van der Waals surface area contributed by atoms with Gasteiger partial charge in [-0.25, -0.2) is 4.98 Å². The molecule has 0 saturated carbocycles. The van der Waals surface area contributed by atoms with E-state index in [-0.39, 0.29) is 5.91 Å². The van der Waals surface area contributed by atoms with Crippen molar-refractivity contribution in [2.24, 2.45) is 0 Å². The molecule has 0 bridgehead atoms. The van der Waals surface area contributed by atoms with E-state index in [4.69, 9.17) is 16.0 Å². The lowest BCUT2D eigenvalue weighted by molar-refractivity contribution is -0.111. The molecule has 3 aromatic carbocycles. The van der Waals surface area contributed by atoms with Crippen LogP contribution in [0.15, 0.2) is 77.2 Å². The van der Waals surface area contributed by atoms with Gasteiger partial charge in [0.1, 0.15) is 5.52 Å². The lowest BCUT2D eigenvalue weighted by Crippen LogP contribution is -2.07. The second-order valence-corrected chi connectivity index (χ2v) is 7.94. The van der Waals surface area contributed by atoms with E-state index in [0.717, 1.165) is 28.6 Å². The van der Waals surface area contributed by atoms with Crippen LogP contribution in [-0.4, -0.2) is 10.9 Å². The van der Waals surface area contributed by atoms with Crippen molar-refractivity contribution >= 4 is 40.4 Å². The molecule has 0 aliphatic rings. The molecule has 0 spiro atoms. The van der Waals surface area contributed by atoms with Crippen LogP contribution >= 0.6 is 11.6 Å². The number of carbonyl (C=O) groups is 1. The van der Waals surface area contributed by atoms with E-state index in [9.17, 15) is 4.79 Å². The molecule has 4 nitrogen and oxygen atoms in total. The maximum absolute atomic E-state index is 12.2. The molecule has 4 rings (SSSR count). The van der Waals surface area contributed by atoms with Crippen LogP contribution in [0.5, 0.6) is 0 Å². The molecule has 1 atom stereocenters. The fourth-order valence-electron chi connectivity index (χ4n) is 3.24. The highest BCUT2D eigenvalue weighted by Crippen LogP contribution is 2.28. The van der Waals surface area contributed by atoms with Gasteiger partial charge in [-0.15, -0.1) is 0 Å². The predicted molar refractivity (Wildman–Crippen MR) is 127 cm³/mol. The van der Waals surface area contributed by atoms with E-state index >= 15 is 0 Å². The minimum Gasteiger partial charge on any atom is -0.436 e. The van der Waals surface area contributed by atoms with E-state index in [1.54, 1.807) is 18.2 Å². The van der Waals surface area contributed by atoms with Crippen molar-refractivity contribution in [3.63, 3.8) is 0 Å². The fourth-order valence-corrected chi connectivity index (χ4v) is 3.36. The summed E-state index contributed by atoms with van der Waals surface area (Å²) in [5.41, 5.74) is 5.35. The summed E-state index contributed by atoms with van der Waals surface area (Å²) >= 11 is 5.87. The summed E-state index contributed by atoms with van der Waals surface area (Å²) in [5.74, 6) is 0.847. The number of nitrogens with zero attached hydrogens (tertiary/aromatic N) is 1. The fraction of sp³-hybridized carbons (Fsp3) is 0.154. The lowest BCUT2D eigenvalue weighted by Gasteiger charge is -2.07. The van der Waals surface area contributed by atoms with Crippen molar-refractivity contribution in [2.75, 3.05) is 5.32 Å². The van der Waals surface area contributed by atoms with E-state index in [1.807, 2.05) is 42.5 Å². The summed E-state index contributed by atoms with van der Waals surface area (Å²) in [5, 5.41) is 3.52. The van der Waals surface area contributed by atoms with Crippen molar-refractivity contribution in [2.45, 2.75) is 26.2 Å². The molecule has 156 valence electrons. The number of rotatable bonds is 6. The molecule has 5 heteroatoms. The summed E-state index contributed by atoms with van der Waals surface area (Å²) in [6, 6.07) is 20.9. The summed E-state index contributed by atoms with van der Waals surface area (Å²) in [6.45, 7) is 4.39. The molecule has 1 heterocycles. The van der Waals surface area contributed by atoms with Crippen molar-refractivity contribution in [3.05, 3.63) is 89.0 Å². The van der Waals surface area contributed by atoms with Crippen molar-refractivity contribution in [1.82, 2.24) is 4.98 Å². The first-order chi connectivity index (χ1) is 15.0.